The van der Waals surface area contributed by atoms with Crippen molar-refractivity contribution in [2.75, 3.05) is 55.5 Å². The van der Waals surface area contributed by atoms with Crippen LogP contribution >= 0.6 is 0 Å². The van der Waals surface area contributed by atoms with Gasteiger partial charge in [0.05, 0.1) is 19.9 Å². The molecule has 1 aliphatic heterocycles. The Morgan fingerprint density at radius 1 is 0.828 bits per heavy atom. The van der Waals surface area contributed by atoms with Gasteiger partial charge in [-0.2, -0.15) is 4.98 Å². The zero-order valence-corrected chi connectivity index (χ0v) is 16.7. The molecular formula is C22H25N5O2. The van der Waals surface area contributed by atoms with Crippen molar-refractivity contribution in [2.24, 2.45) is 0 Å². The number of nitrogens with one attached hydrogen (secondary N) is 1. The first kappa shape index (κ1) is 18.9. The number of hydrogen-bond donors (Lipinski definition) is 1. The molecule has 0 amide bonds. The molecule has 0 unspecified atom stereocenters. The summed E-state index contributed by atoms with van der Waals surface area (Å²) in [5, 5.41) is 3.25. The van der Waals surface area contributed by atoms with Crippen molar-refractivity contribution in [2.45, 2.75) is 0 Å². The minimum absolute atomic E-state index is 0.560. The highest BCUT2D eigenvalue weighted by Gasteiger charge is 2.19. The summed E-state index contributed by atoms with van der Waals surface area (Å²) >= 11 is 0. The van der Waals surface area contributed by atoms with Gasteiger partial charge >= 0.3 is 0 Å². The maximum Gasteiger partial charge on any atom is 0.229 e. The molecule has 0 bridgehead atoms. The summed E-state index contributed by atoms with van der Waals surface area (Å²) in [6.45, 7) is 3.67. The second-order valence-corrected chi connectivity index (χ2v) is 6.74. The van der Waals surface area contributed by atoms with Crippen LogP contribution in [0.15, 0.2) is 60.8 Å². The Bertz CT molecular complexity index is 940. The largest absolute Gasteiger partial charge is 0.497 e. The minimum atomic E-state index is 0.560. The number of hydrogen-bond acceptors (Lipinski definition) is 7. The van der Waals surface area contributed by atoms with Gasteiger partial charge < -0.3 is 24.6 Å². The van der Waals surface area contributed by atoms with E-state index >= 15 is 0 Å². The first-order valence-electron chi connectivity index (χ1n) is 9.64. The highest BCUT2D eigenvalue weighted by Crippen LogP contribution is 2.27. The molecule has 0 aliphatic carbocycles. The first-order chi connectivity index (χ1) is 14.3. The fourth-order valence-corrected chi connectivity index (χ4v) is 3.44. The van der Waals surface area contributed by atoms with Crippen molar-refractivity contribution < 1.29 is 9.47 Å². The summed E-state index contributed by atoms with van der Waals surface area (Å²) in [7, 11) is 3.34. The molecule has 150 valence electrons. The number of benzene rings is 2. The van der Waals surface area contributed by atoms with Gasteiger partial charge in [0.1, 0.15) is 17.3 Å². The number of para-hydroxylation sites is 2. The zero-order chi connectivity index (χ0) is 20.1. The number of aromatic nitrogens is 2. The molecule has 2 heterocycles. The van der Waals surface area contributed by atoms with Gasteiger partial charge in [-0.05, 0) is 42.5 Å². The Morgan fingerprint density at radius 2 is 1.55 bits per heavy atom. The van der Waals surface area contributed by atoms with E-state index in [1.54, 1.807) is 20.4 Å². The molecule has 0 spiro atoms. The van der Waals surface area contributed by atoms with Crippen LogP contribution in [0.1, 0.15) is 0 Å². The Balaban J connectivity index is 1.41. The molecule has 0 atom stereocenters. The van der Waals surface area contributed by atoms with Crippen LogP contribution < -0.4 is 24.6 Å². The lowest BCUT2D eigenvalue weighted by molar-refractivity contribution is 0.415. The van der Waals surface area contributed by atoms with E-state index in [0.717, 1.165) is 49.2 Å². The molecule has 2 aromatic carbocycles. The Morgan fingerprint density at radius 3 is 2.28 bits per heavy atom. The first-order valence-corrected chi connectivity index (χ1v) is 9.64. The van der Waals surface area contributed by atoms with E-state index < -0.39 is 0 Å². The van der Waals surface area contributed by atoms with Crippen LogP contribution in [0.2, 0.25) is 0 Å². The third kappa shape index (κ3) is 4.34. The fourth-order valence-electron chi connectivity index (χ4n) is 3.44. The van der Waals surface area contributed by atoms with Gasteiger partial charge in [-0.25, -0.2) is 4.98 Å². The molecule has 29 heavy (non-hydrogen) atoms. The summed E-state index contributed by atoms with van der Waals surface area (Å²) in [5.41, 5.74) is 2.06. The van der Waals surface area contributed by atoms with Crippen molar-refractivity contribution >= 4 is 23.1 Å². The van der Waals surface area contributed by atoms with Gasteiger partial charge in [0.2, 0.25) is 5.95 Å². The number of methoxy groups -OCH3 is 2. The van der Waals surface area contributed by atoms with E-state index in [9.17, 15) is 0 Å². The highest BCUT2D eigenvalue weighted by molar-refractivity contribution is 5.63. The third-order valence-electron chi connectivity index (χ3n) is 5.04. The van der Waals surface area contributed by atoms with E-state index in [-0.39, 0.29) is 0 Å². The van der Waals surface area contributed by atoms with E-state index in [1.807, 2.05) is 42.5 Å². The number of nitrogens with zero attached hydrogens (tertiary/aromatic N) is 4. The predicted molar refractivity (Wildman–Crippen MR) is 116 cm³/mol. The van der Waals surface area contributed by atoms with Crippen molar-refractivity contribution in [1.29, 1.82) is 0 Å². The lowest BCUT2D eigenvalue weighted by Gasteiger charge is -2.36. The van der Waals surface area contributed by atoms with Crippen LogP contribution in [0, 0.1) is 0 Å². The molecule has 1 aliphatic rings. The monoisotopic (exact) mass is 391 g/mol. The second-order valence-electron chi connectivity index (χ2n) is 6.74. The average molecular weight is 391 g/mol. The molecule has 0 radical (unpaired) electrons. The second kappa shape index (κ2) is 8.68. The lowest BCUT2D eigenvalue weighted by Crippen LogP contribution is -2.46. The number of rotatable bonds is 6. The van der Waals surface area contributed by atoms with Gasteiger partial charge in [-0.15, -0.1) is 0 Å². The normalized spacial score (nSPS) is 13.9. The van der Waals surface area contributed by atoms with E-state index in [2.05, 4.69) is 32.2 Å². The number of anilines is 4. The molecule has 7 nitrogen and oxygen atoms in total. The van der Waals surface area contributed by atoms with Crippen LogP contribution in [0.25, 0.3) is 0 Å². The Labute approximate surface area is 170 Å². The predicted octanol–water partition coefficient (Wildman–Crippen LogP) is 3.56. The SMILES string of the molecule is COc1ccc(N2CCN(c3ccnc(Nc4ccccc4OC)n3)CC2)cc1. The van der Waals surface area contributed by atoms with Crippen molar-refractivity contribution in [1.82, 2.24) is 9.97 Å². The number of ether oxygens (including phenoxy) is 2. The van der Waals surface area contributed by atoms with Crippen LogP contribution in [-0.2, 0) is 0 Å². The van der Waals surface area contributed by atoms with Crippen LogP contribution in [0.3, 0.4) is 0 Å². The highest BCUT2D eigenvalue weighted by atomic mass is 16.5. The van der Waals surface area contributed by atoms with Crippen molar-refractivity contribution in [3.8, 4) is 11.5 Å². The maximum absolute atomic E-state index is 5.39. The van der Waals surface area contributed by atoms with E-state index in [1.165, 1.54) is 5.69 Å². The minimum Gasteiger partial charge on any atom is -0.497 e. The molecule has 1 N–H and O–H groups in total. The van der Waals surface area contributed by atoms with Crippen LogP contribution in [0.4, 0.5) is 23.1 Å². The summed E-state index contributed by atoms with van der Waals surface area (Å²) in [6.07, 6.45) is 1.79. The van der Waals surface area contributed by atoms with Crippen LogP contribution in [0.5, 0.6) is 11.5 Å². The summed E-state index contributed by atoms with van der Waals surface area (Å²) in [4.78, 5) is 13.7. The standard InChI is InChI=1S/C22H25N5O2/c1-28-18-9-7-17(8-10-18)26-13-15-27(16-14-26)21-11-12-23-22(25-21)24-19-5-3-4-6-20(19)29-2/h3-12H,13-16H2,1-2H3,(H,23,24,25). The summed E-state index contributed by atoms with van der Waals surface area (Å²) < 4.78 is 10.6. The van der Waals surface area contributed by atoms with Gasteiger partial charge in [0.15, 0.2) is 0 Å². The molecule has 4 rings (SSSR count). The fraction of sp³-hybridized carbons (Fsp3) is 0.273. The van der Waals surface area contributed by atoms with Gasteiger partial charge in [0.25, 0.3) is 0 Å². The molecule has 1 saturated heterocycles. The topological polar surface area (TPSA) is 62.8 Å². The quantitative estimate of drug-likeness (QED) is 0.689. The maximum atomic E-state index is 5.39. The Kier molecular flexibility index (Phi) is 5.65. The van der Waals surface area contributed by atoms with Gasteiger partial charge in [-0.1, -0.05) is 12.1 Å². The Hall–Kier alpha value is -3.48. The number of piperazine rings is 1. The summed E-state index contributed by atoms with van der Waals surface area (Å²) in [6, 6.07) is 17.9. The molecule has 0 saturated carbocycles. The van der Waals surface area contributed by atoms with Gasteiger partial charge in [0, 0.05) is 38.1 Å². The van der Waals surface area contributed by atoms with Crippen LogP contribution in [-0.4, -0.2) is 50.4 Å². The molecule has 3 aromatic rings. The zero-order valence-electron chi connectivity index (χ0n) is 16.7. The van der Waals surface area contributed by atoms with Gasteiger partial charge in [-0.3, -0.25) is 0 Å². The molecule has 7 heteroatoms. The van der Waals surface area contributed by atoms with E-state index in [4.69, 9.17) is 14.5 Å². The summed E-state index contributed by atoms with van der Waals surface area (Å²) in [5.74, 6) is 3.12. The average Bonchev–Trinajstić information content (AvgIpc) is 2.80. The smallest absolute Gasteiger partial charge is 0.229 e. The van der Waals surface area contributed by atoms with E-state index in [0.29, 0.717) is 5.95 Å². The molecule has 1 aromatic heterocycles. The van der Waals surface area contributed by atoms with Crippen molar-refractivity contribution in [3.63, 3.8) is 0 Å². The van der Waals surface area contributed by atoms with Crippen molar-refractivity contribution in [3.05, 3.63) is 60.8 Å². The molecule has 1 fully saturated rings. The molecular weight excluding hydrogens is 366 g/mol. The lowest BCUT2D eigenvalue weighted by atomic mass is 10.2. The third-order valence-corrected chi connectivity index (χ3v) is 5.04.